The summed E-state index contributed by atoms with van der Waals surface area (Å²) in [5.41, 5.74) is 7.67. The maximum absolute atomic E-state index is 2.38. The van der Waals surface area contributed by atoms with Gasteiger partial charge in [0.1, 0.15) is 5.69 Å². The smallest absolute Gasteiger partial charge is 0.259 e. The van der Waals surface area contributed by atoms with Crippen LogP contribution >= 0.6 is 0 Å². The third-order valence-electron chi connectivity index (χ3n) is 4.69. The molecule has 110 valence electrons. The molecule has 0 saturated heterocycles. The lowest BCUT2D eigenvalue weighted by molar-refractivity contribution is -0.651. The average Bonchev–Trinajstić information content (AvgIpc) is 2.98. The van der Waals surface area contributed by atoms with E-state index in [-0.39, 0.29) is 0 Å². The van der Waals surface area contributed by atoms with Gasteiger partial charge in [0.15, 0.2) is 11.0 Å². The van der Waals surface area contributed by atoms with Gasteiger partial charge in [-0.2, -0.15) is 4.57 Å². The van der Waals surface area contributed by atoms with Gasteiger partial charge < -0.3 is 4.40 Å². The molecule has 4 aromatic rings. The summed E-state index contributed by atoms with van der Waals surface area (Å²) < 4.78 is 6.87. The monoisotopic (exact) mass is 290 g/mol. The first-order chi connectivity index (χ1) is 10.6. The summed E-state index contributed by atoms with van der Waals surface area (Å²) in [5.74, 6) is 1.24. The molecule has 0 bridgehead atoms. The fraction of sp³-hybridized carbons (Fsp3) is 0.211. The van der Waals surface area contributed by atoms with Gasteiger partial charge in [-0.05, 0) is 37.1 Å². The van der Waals surface area contributed by atoms with Crippen molar-refractivity contribution >= 4 is 16.6 Å². The van der Waals surface area contributed by atoms with Gasteiger partial charge in [0.2, 0.25) is 0 Å². The van der Waals surface area contributed by atoms with E-state index in [1.807, 2.05) is 0 Å². The molecule has 0 radical (unpaired) electrons. The molecule has 0 fully saturated rings. The largest absolute Gasteiger partial charge is 0.316 e. The zero-order chi connectivity index (χ0) is 15.4. The number of benzene rings is 1. The fourth-order valence-corrected chi connectivity index (χ4v) is 3.53. The highest BCUT2D eigenvalue weighted by atomic mass is 15.2. The number of para-hydroxylation sites is 1. The van der Waals surface area contributed by atoms with E-state index >= 15 is 0 Å². The molecule has 4 rings (SSSR count). The number of hydrogen-bond acceptors (Lipinski definition) is 0. The lowest BCUT2D eigenvalue weighted by Gasteiger charge is -2.07. The molecule has 0 spiro atoms. The molecule has 3 aromatic heterocycles. The summed E-state index contributed by atoms with van der Waals surface area (Å²) in [6, 6.07) is 12.8. The number of hydrogen-bond donors (Lipinski definition) is 0. The zero-order valence-corrected chi connectivity index (χ0v) is 13.5. The van der Waals surface area contributed by atoms with Crippen molar-refractivity contribution in [2.75, 3.05) is 0 Å². The molecule has 0 aliphatic rings. The second-order valence-electron chi connectivity index (χ2n) is 6.04. The molecule has 0 saturated carbocycles. The molecule has 3 heterocycles. The predicted octanol–water partition coefficient (Wildman–Crippen LogP) is 3.63. The Morgan fingerprint density at radius 3 is 2.32 bits per heavy atom. The molecule has 0 amide bonds. The molecule has 22 heavy (non-hydrogen) atoms. The van der Waals surface area contributed by atoms with E-state index in [9.17, 15) is 0 Å². The first-order valence-electron chi connectivity index (χ1n) is 7.63. The highest BCUT2D eigenvalue weighted by molar-refractivity contribution is 5.90. The number of imidazole rings is 1. The second-order valence-corrected chi connectivity index (χ2v) is 6.04. The van der Waals surface area contributed by atoms with Gasteiger partial charge in [-0.15, -0.1) is 0 Å². The molecule has 0 aliphatic heterocycles. The van der Waals surface area contributed by atoms with Crippen LogP contribution in [0.3, 0.4) is 0 Å². The van der Waals surface area contributed by atoms with E-state index in [2.05, 4.69) is 90.1 Å². The Morgan fingerprint density at radius 2 is 1.59 bits per heavy atom. The normalized spacial score (nSPS) is 11.6. The summed E-state index contributed by atoms with van der Waals surface area (Å²) in [6.07, 6.45) is 4.34. The lowest BCUT2D eigenvalue weighted by Crippen LogP contribution is -2.31. The van der Waals surface area contributed by atoms with Crippen LogP contribution in [0.2, 0.25) is 0 Å². The number of aryl methyl sites for hydroxylation is 3. The van der Waals surface area contributed by atoms with Crippen LogP contribution in [0.5, 0.6) is 0 Å². The van der Waals surface area contributed by atoms with Gasteiger partial charge >= 0.3 is 0 Å². The van der Waals surface area contributed by atoms with Crippen LogP contribution in [0.25, 0.3) is 22.2 Å². The van der Waals surface area contributed by atoms with Crippen LogP contribution in [0.1, 0.15) is 17.0 Å². The van der Waals surface area contributed by atoms with Gasteiger partial charge in [-0.25, -0.2) is 4.57 Å². The van der Waals surface area contributed by atoms with Crippen LogP contribution < -0.4 is 4.57 Å². The fourth-order valence-electron chi connectivity index (χ4n) is 3.53. The van der Waals surface area contributed by atoms with E-state index in [0.717, 1.165) is 0 Å². The second kappa shape index (κ2) is 4.47. The van der Waals surface area contributed by atoms with E-state index < -0.39 is 0 Å². The molecular formula is C19H20N3+. The van der Waals surface area contributed by atoms with E-state index in [4.69, 9.17) is 0 Å². The van der Waals surface area contributed by atoms with E-state index in [1.165, 1.54) is 39.2 Å². The van der Waals surface area contributed by atoms with Crippen molar-refractivity contribution in [2.45, 2.75) is 20.8 Å². The maximum atomic E-state index is 2.38. The van der Waals surface area contributed by atoms with Crippen molar-refractivity contribution in [2.24, 2.45) is 7.05 Å². The SMILES string of the molecule is Cc1cccc(C)c1-n1c(C)[n+](C)c2c1cn1ccccc21. The van der Waals surface area contributed by atoms with E-state index in [0.29, 0.717) is 0 Å². The molecule has 0 unspecified atom stereocenters. The predicted molar refractivity (Wildman–Crippen MR) is 89.6 cm³/mol. The summed E-state index contributed by atoms with van der Waals surface area (Å²) >= 11 is 0. The third-order valence-corrected chi connectivity index (χ3v) is 4.69. The summed E-state index contributed by atoms with van der Waals surface area (Å²) in [5, 5.41) is 0. The van der Waals surface area contributed by atoms with Crippen molar-refractivity contribution < 1.29 is 4.57 Å². The highest BCUT2D eigenvalue weighted by Crippen LogP contribution is 2.28. The van der Waals surface area contributed by atoms with Crippen LogP contribution in [0, 0.1) is 20.8 Å². The minimum absolute atomic E-state index is 1.24. The molecule has 1 aromatic carbocycles. The van der Waals surface area contributed by atoms with Crippen LogP contribution in [-0.4, -0.2) is 8.97 Å². The highest BCUT2D eigenvalue weighted by Gasteiger charge is 2.26. The summed E-state index contributed by atoms with van der Waals surface area (Å²) in [6.45, 7) is 6.55. The third kappa shape index (κ3) is 1.59. The Kier molecular flexibility index (Phi) is 2.67. The Morgan fingerprint density at radius 1 is 0.864 bits per heavy atom. The first-order valence-corrected chi connectivity index (χ1v) is 7.63. The van der Waals surface area contributed by atoms with Gasteiger partial charge in [-0.1, -0.05) is 24.3 Å². The van der Waals surface area contributed by atoms with Gasteiger partial charge in [-0.3, -0.25) is 0 Å². The number of pyridine rings is 1. The van der Waals surface area contributed by atoms with Crippen molar-refractivity contribution in [3.05, 3.63) is 65.7 Å². The minimum Gasteiger partial charge on any atom is -0.316 e. The Balaban J connectivity index is 2.21. The Hall–Kier alpha value is -2.55. The number of fused-ring (bicyclic) bond motifs is 3. The van der Waals surface area contributed by atoms with E-state index in [1.54, 1.807) is 0 Å². The molecule has 3 heteroatoms. The standard InChI is InChI=1S/C19H20N3/c1-13-8-7-9-14(2)18(13)22-15(3)20(4)19-16-10-5-6-11-21(16)12-17(19)22/h5-12H,1-4H3/q+1. The quantitative estimate of drug-likeness (QED) is 0.475. The van der Waals surface area contributed by atoms with Crippen molar-refractivity contribution in [1.29, 1.82) is 0 Å². The molecule has 0 aliphatic carbocycles. The topological polar surface area (TPSA) is 13.2 Å². The van der Waals surface area contributed by atoms with Crippen LogP contribution in [0.15, 0.2) is 48.8 Å². The zero-order valence-electron chi connectivity index (χ0n) is 13.5. The average molecular weight is 290 g/mol. The summed E-state index contributed by atoms with van der Waals surface area (Å²) in [4.78, 5) is 0. The number of rotatable bonds is 1. The van der Waals surface area contributed by atoms with Crippen LogP contribution in [0.4, 0.5) is 0 Å². The lowest BCUT2D eigenvalue weighted by atomic mass is 10.1. The molecule has 3 nitrogen and oxygen atoms in total. The Labute approximate surface area is 130 Å². The van der Waals surface area contributed by atoms with Gasteiger partial charge in [0, 0.05) is 13.1 Å². The molecular weight excluding hydrogens is 270 g/mol. The van der Waals surface area contributed by atoms with Crippen molar-refractivity contribution in [3.63, 3.8) is 0 Å². The van der Waals surface area contributed by atoms with Crippen molar-refractivity contribution in [3.8, 4) is 5.69 Å². The number of nitrogens with zero attached hydrogens (tertiary/aromatic N) is 3. The van der Waals surface area contributed by atoms with Crippen LogP contribution in [-0.2, 0) is 7.05 Å². The number of aromatic nitrogens is 3. The van der Waals surface area contributed by atoms with Gasteiger partial charge in [0.25, 0.3) is 5.82 Å². The first kappa shape index (κ1) is 13.1. The molecule has 0 atom stereocenters. The summed E-state index contributed by atoms with van der Waals surface area (Å²) in [7, 11) is 2.15. The van der Waals surface area contributed by atoms with Crippen molar-refractivity contribution in [1.82, 2.24) is 8.97 Å². The minimum atomic E-state index is 1.24. The maximum Gasteiger partial charge on any atom is 0.259 e. The Bertz CT molecular complexity index is 998. The van der Waals surface area contributed by atoms with Gasteiger partial charge in [0.05, 0.1) is 18.8 Å². The molecule has 0 N–H and O–H groups in total.